The number of hydrogen-bond donors (Lipinski definition) is 1. The first-order chi connectivity index (χ1) is 14.9. The average Bonchev–Trinajstić information content (AvgIpc) is 3.43. The van der Waals surface area contributed by atoms with Gasteiger partial charge < -0.3 is 14.2 Å². The van der Waals surface area contributed by atoms with Gasteiger partial charge in [0.25, 0.3) is 15.9 Å². The summed E-state index contributed by atoms with van der Waals surface area (Å²) in [6.45, 7) is 3.19. The molecular formula is C21H21N3O6S. The zero-order valence-corrected chi connectivity index (χ0v) is 17.6. The second-order valence-electron chi connectivity index (χ2n) is 7.10. The molecule has 4 rings (SSSR count). The number of ether oxygens (including phenoxy) is 1. The fraction of sp³-hybridized carbons (Fsp3) is 0.286. The van der Waals surface area contributed by atoms with Gasteiger partial charge in [-0.25, -0.2) is 13.2 Å². The molecule has 10 heteroatoms. The van der Waals surface area contributed by atoms with Gasteiger partial charge in [-0.15, -0.1) is 0 Å². The number of aromatic nitrogens is 1. The molecule has 0 saturated carbocycles. The summed E-state index contributed by atoms with van der Waals surface area (Å²) in [5.74, 6) is -0.819. The van der Waals surface area contributed by atoms with Crippen LogP contribution in [0.2, 0.25) is 0 Å². The number of fused-ring (bicyclic) bond motifs is 1. The van der Waals surface area contributed by atoms with Gasteiger partial charge in [0, 0.05) is 18.8 Å². The Bertz CT molecular complexity index is 1240. The van der Waals surface area contributed by atoms with Gasteiger partial charge in [0.1, 0.15) is 0 Å². The van der Waals surface area contributed by atoms with Crippen molar-refractivity contribution in [2.45, 2.75) is 24.7 Å². The van der Waals surface area contributed by atoms with Crippen LogP contribution < -0.4 is 4.72 Å². The van der Waals surface area contributed by atoms with Crippen molar-refractivity contribution in [2.24, 2.45) is 0 Å². The normalized spacial score (nSPS) is 14.0. The van der Waals surface area contributed by atoms with Crippen LogP contribution in [0.5, 0.6) is 0 Å². The number of hydrogen-bond acceptors (Lipinski definition) is 7. The van der Waals surface area contributed by atoms with Gasteiger partial charge in [-0.3, -0.25) is 9.52 Å². The van der Waals surface area contributed by atoms with Crippen LogP contribution in [0.4, 0.5) is 5.69 Å². The molecule has 1 aliphatic rings. The third-order valence-electron chi connectivity index (χ3n) is 4.97. The maximum absolute atomic E-state index is 12.9. The Morgan fingerprint density at radius 2 is 1.94 bits per heavy atom. The highest BCUT2D eigenvalue weighted by atomic mass is 32.2. The Morgan fingerprint density at radius 1 is 1.16 bits per heavy atom. The zero-order valence-electron chi connectivity index (χ0n) is 16.8. The summed E-state index contributed by atoms with van der Waals surface area (Å²) in [5, 5.41) is 4.20. The number of likely N-dealkylation sites (tertiary alicyclic amines) is 1. The maximum atomic E-state index is 12.9. The van der Waals surface area contributed by atoms with Gasteiger partial charge in [-0.05, 0) is 56.2 Å². The number of sulfonamides is 1. The van der Waals surface area contributed by atoms with E-state index >= 15 is 0 Å². The standard InChI is InChI=1S/C21H21N3O6S/c1-2-29-21(26)14-6-5-7-15(12-14)23-31(27,28)16-8-9-18-17(13-16)19(22-30-18)20(25)24-10-3-4-11-24/h5-9,12-13,23H,2-4,10-11H2,1H3. The third-order valence-corrected chi connectivity index (χ3v) is 6.35. The van der Waals surface area contributed by atoms with Gasteiger partial charge in [-0.1, -0.05) is 11.2 Å². The molecule has 0 aliphatic carbocycles. The first-order valence-corrected chi connectivity index (χ1v) is 11.4. The molecule has 1 amide bonds. The summed E-state index contributed by atoms with van der Waals surface area (Å²) >= 11 is 0. The lowest BCUT2D eigenvalue weighted by molar-refractivity contribution is 0.0526. The molecule has 0 atom stereocenters. The summed E-state index contributed by atoms with van der Waals surface area (Å²) < 4.78 is 38.5. The zero-order chi connectivity index (χ0) is 22.0. The second kappa shape index (κ2) is 8.38. The first-order valence-electron chi connectivity index (χ1n) is 9.88. The lowest BCUT2D eigenvalue weighted by Gasteiger charge is -2.13. The predicted molar refractivity (Wildman–Crippen MR) is 112 cm³/mol. The van der Waals surface area contributed by atoms with E-state index in [9.17, 15) is 18.0 Å². The Balaban J connectivity index is 1.63. The highest BCUT2D eigenvalue weighted by Gasteiger charge is 2.26. The molecule has 0 spiro atoms. The second-order valence-corrected chi connectivity index (χ2v) is 8.78. The minimum Gasteiger partial charge on any atom is -0.462 e. The Hall–Kier alpha value is -3.40. The summed E-state index contributed by atoms with van der Waals surface area (Å²) in [4.78, 5) is 26.3. The SMILES string of the molecule is CCOC(=O)c1cccc(NS(=O)(=O)c2ccc3onc(C(=O)N4CCCC4)c3c2)c1. The van der Waals surface area contributed by atoms with Crippen LogP contribution in [0, 0.1) is 0 Å². The van der Waals surface area contributed by atoms with Crippen molar-refractivity contribution < 1.29 is 27.3 Å². The smallest absolute Gasteiger partial charge is 0.338 e. The number of amides is 1. The van der Waals surface area contributed by atoms with Crippen molar-refractivity contribution in [1.29, 1.82) is 0 Å². The lowest BCUT2D eigenvalue weighted by atomic mass is 10.2. The molecule has 1 fully saturated rings. The van der Waals surface area contributed by atoms with Crippen molar-refractivity contribution >= 4 is 38.6 Å². The molecule has 1 aromatic heterocycles. The van der Waals surface area contributed by atoms with Crippen LogP contribution in [-0.2, 0) is 14.8 Å². The van der Waals surface area contributed by atoms with Crippen LogP contribution >= 0.6 is 0 Å². The van der Waals surface area contributed by atoms with E-state index in [4.69, 9.17) is 9.26 Å². The summed E-state index contributed by atoms with van der Waals surface area (Å²) in [6, 6.07) is 10.2. The fourth-order valence-electron chi connectivity index (χ4n) is 3.45. The molecule has 0 radical (unpaired) electrons. The van der Waals surface area contributed by atoms with Crippen molar-refractivity contribution in [3.05, 3.63) is 53.7 Å². The van der Waals surface area contributed by atoms with E-state index in [0.717, 1.165) is 12.8 Å². The minimum absolute atomic E-state index is 0.0554. The van der Waals surface area contributed by atoms with Gasteiger partial charge in [0.2, 0.25) is 0 Å². The number of carbonyl (C=O) groups is 2. The Labute approximate surface area is 179 Å². The molecule has 1 N–H and O–H groups in total. The minimum atomic E-state index is -4.00. The summed E-state index contributed by atoms with van der Waals surface area (Å²) in [7, 11) is -4.00. The molecule has 0 unspecified atom stereocenters. The van der Waals surface area contributed by atoms with Crippen molar-refractivity contribution in [3.8, 4) is 0 Å². The molecule has 9 nitrogen and oxygen atoms in total. The number of nitrogens with one attached hydrogen (secondary N) is 1. The van der Waals surface area contributed by atoms with Crippen molar-refractivity contribution in [2.75, 3.05) is 24.4 Å². The van der Waals surface area contributed by atoms with Gasteiger partial charge in [0.15, 0.2) is 11.3 Å². The molecule has 162 valence electrons. The average molecular weight is 443 g/mol. The molecular weight excluding hydrogens is 422 g/mol. The predicted octanol–water partition coefficient (Wildman–Crippen LogP) is 3.04. The number of rotatable bonds is 6. The largest absolute Gasteiger partial charge is 0.462 e. The number of benzene rings is 2. The molecule has 31 heavy (non-hydrogen) atoms. The van der Waals surface area contributed by atoms with Crippen LogP contribution in [0.15, 0.2) is 51.9 Å². The Kier molecular flexibility index (Phi) is 5.64. The summed E-state index contributed by atoms with van der Waals surface area (Å²) in [5.41, 5.74) is 0.864. The summed E-state index contributed by atoms with van der Waals surface area (Å²) in [6.07, 6.45) is 1.85. The highest BCUT2D eigenvalue weighted by molar-refractivity contribution is 7.92. The van der Waals surface area contributed by atoms with E-state index in [1.807, 2.05) is 0 Å². The number of anilines is 1. The van der Waals surface area contributed by atoms with E-state index in [2.05, 4.69) is 9.88 Å². The van der Waals surface area contributed by atoms with Crippen LogP contribution in [-0.4, -0.2) is 50.0 Å². The number of nitrogens with zero attached hydrogens (tertiary/aromatic N) is 2. The van der Waals surface area contributed by atoms with E-state index in [1.165, 1.54) is 36.4 Å². The van der Waals surface area contributed by atoms with E-state index < -0.39 is 16.0 Å². The molecule has 1 aliphatic heterocycles. The maximum Gasteiger partial charge on any atom is 0.338 e. The quantitative estimate of drug-likeness (QED) is 0.582. The topological polar surface area (TPSA) is 119 Å². The van der Waals surface area contributed by atoms with Crippen molar-refractivity contribution in [3.63, 3.8) is 0 Å². The molecule has 1 saturated heterocycles. The van der Waals surface area contributed by atoms with Gasteiger partial charge in [0.05, 0.1) is 22.5 Å². The number of esters is 1. The fourth-order valence-corrected chi connectivity index (χ4v) is 4.52. The van der Waals surface area contributed by atoms with Gasteiger partial charge in [-0.2, -0.15) is 0 Å². The molecule has 2 aromatic carbocycles. The number of carbonyl (C=O) groups excluding carboxylic acids is 2. The van der Waals surface area contributed by atoms with E-state index in [1.54, 1.807) is 17.9 Å². The highest BCUT2D eigenvalue weighted by Crippen LogP contribution is 2.26. The Morgan fingerprint density at radius 3 is 2.68 bits per heavy atom. The van der Waals surface area contributed by atoms with E-state index in [0.29, 0.717) is 24.1 Å². The van der Waals surface area contributed by atoms with Crippen molar-refractivity contribution in [1.82, 2.24) is 10.1 Å². The van der Waals surface area contributed by atoms with Gasteiger partial charge >= 0.3 is 5.97 Å². The van der Waals surface area contributed by atoms with E-state index in [-0.39, 0.29) is 34.4 Å². The third kappa shape index (κ3) is 4.24. The molecule has 3 aromatic rings. The first kappa shape index (κ1) is 20.9. The molecule has 2 heterocycles. The monoisotopic (exact) mass is 443 g/mol. The van der Waals surface area contributed by atoms with Crippen LogP contribution in [0.1, 0.15) is 40.6 Å². The van der Waals surface area contributed by atoms with Crippen LogP contribution in [0.3, 0.4) is 0 Å². The molecule has 0 bridgehead atoms. The van der Waals surface area contributed by atoms with Crippen LogP contribution in [0.25, 0.3) is 11.0 Å². The lowest BCUT2D eigenvalue weighted by Crippen LogP contribution is -2.28.